The molecule has 0 saturated carbocycles. The second-order valence-electron chi connectivity index (χ2n) is 27.6. The van der Waals surface area contributed by atoms with Gasteiger partial charge in [0.1, 0.15) is 33.5 Å². The van der Waals surface area contributed by atoms with Crippen LogP contribution >= 0.6 is 0 Å². The summed E-state index contributed by atoms with van der Waals surface area (Å²) in [6, 6.07) is 132. The first-order valence-electron chi connectivity index (χ1n) is 35.4. The summed E-state index contributed by atoms with van der Waals surface area (Å²) in [4.78, 5) is 4.81. The van der Waals surface area contributed by atoms with E-state index in [4.69, 9.17) is 13.3 Å². The molecule has 0 atom stereocenters. The summed E-state index contributed by atoms with van der Waals surface area (Å²) in [5.41, 5.74) is 34.1. The Hall–Kier alpha value is -13.5. The van der Waals surface area contributed by atoms with E-state index in [0.29, 0.717) is 0 Å². The third kappa shape index (κ3) is 8.07. The minimum atomic E-state index is -0.438. The Kier molecular flexibility index (Phi) is 12.3. The zero-order chi connectivity index (χ0) is 67.5. The molecule has 0 saturated heterocycles. The first kappa shape index (κ1) is 57.4. The van der Waals surface area contributed by atoms with E-state index in [-0.39, 0.29) is 0 Å². The number of furan rings is 3. The van der Waals surface area contributed by atoms with E-state index in [1.54, 1.807) is 0 Å². The Morgan fingerprint density at radius 2 is 0.456 bits per heavy atom. The van der Waals surface area contributed by atoms with Crippen molar-refractivity contribution in [3.05, 3.63) is 408 Å². The third-order valence-electron chi connectivity index (χ3n) is 22.6. The highest BCUT2D eigenvalue weighted by Crippen LogP contribution is 2.67. The normalized spacial score (nSPS) is 13.4. The van der Waals surface area contributed by atoms with Crippen molar-refractivity contribution in [2.75, 3.05) is 9.80 Å². The Labute approximate surface area is 594 Å². The number of para-hydroxylation sites is 3. The van der Waals surface area contributed by atoms with Crippen molar-refractivity contribution in [3.8, 4) is 55.6 Å². The van der Waals surface area contributed by atoms with Crippen molar-refractivity contribution in [2.24, 2.45) is 0 Å². The minimum Gasteiger partial charge on any atom is -0.456 e. The molecule has 2 spiro atoms. The van der Waals surface area contributed by atoms with E-state index in [9.17, 15) is 0 Å². The summed E-state index contributed by atoms with van der Waals surface area (Å²) >= 11 is 0. The van der Waals surface area contributed by atoms with Gasteiger partial charge in [-0.05, 0) is 168 Å². The fraction of sp³-hybridized carbons (Fsp3) is 0.0204. The lowest BCUT2D eigenvalue weighted by Crippen LogP contribution is -2.26. The molecule has 5 heteroatoms. The van der Waals surface area contributed by atoms with E-state index >= 15 is 0 Å². The van der Waals surface area contributed by atoms with Gasteiger partial charge in [0, 0.05) is 84.4 Å². The summed E-state index contributed by atoms with van der Waals surface area (Å²) < 4.78 is 19.4. The Morgan fingerprint density at radius 3 is 0.835 bits per heavy atom. The molecule has 0 unspecified atom stereocenters. The van der Waals surface area contributed by atoms with E-state index in [1.165, 1.54) is 100 Å². The largest absolute Gasteiger partial charge is 0.456 e. The molecule has 3 heterocycles. The number of nitrogens with zero attached hydrogens (tertiary/aromatic N) is 2. The molecular weight excluding hydrogens is 1250 g/mol. The lowest BCUT2D eigenvalue weighted by Gasteiger charge is -2.31. The van der Waals surface area contributed by atoms with Gasteiger partial charge in [0.2, 0.25) is 0 Å². The number of fused-ring (bicyclic) bond motifs is 29. The van der Waals surface area contributed by atoms with Crippen LogP contribution in [0.2, 0.25) is 0 Å². The van der Waals surface area contributed by atoms with Crippen LogP contribution in [0.4, 0.5) is 34.1 Å². The number of anilines is 6. The van der Waals surface area contributed by atoms with Crippen LogP contribution in [0.15, 0.2) is 377 Å². The summed E-state index contributed by atoms with van der Waals surface area (Å²) in [5, 5.41) is 6.70. The molecule has 16 aromatic carbocycles. The molecule has 103 heavy (non-hydrogen) atoms. The molecule has 3 aromatic heterocycles. The smallest absolute Gasteiger partial charge is 0.137 e. The van der Waals surface area contributed by atoms with Crippen LogP contribution in [-0.4, -0.2) is 0 Å². The Morgan fingerprint density at radius 1 is 0.184 bits per heavy atom. The maximum Gasteiger partial charge on any atom is 0.137 e. The molecular formula is C98H60N2O3. The molecule has 4 aliphatic carbocycles. The molecule has 0 aliphatic heterocycles. The van der Waals surface area contributed by atoms with Gasteiger partial charge < -0.3 is 23.1 Å². The van der Waals surface area contributed by atoms with E-state index < -0.39 is 10.8 Å². The molecule has 19 aromatic rings. The lowest BCUT2D eigenvalue weighted by molar-refractivity contribution is 0.668. The number of benzene rings is 16. The molecule has 23 rings (SSSR count). The molecule has 0 N–H and O–H groups in total. The van der Waals surface area contributed by atoms with Crippen molar-refractivity contribution in [2.45, 2.75) is 10.8 Å². The van der Waals surface area contributed by atoms with Gasteiger partial charge in [-0.1, -0.05) is 267 Å². The van der Waals surface area contributed by atoms with Crippen LogP contribution in [0.1, 0.15) is 44.5 Å². The SMILES string of the molecule is c1ccc(-c2ccc(N(c3ccc4c(c3)oc3ccccc34)c3cccc4c3-c3ccccc3C43c4ccccc4-c4ccccc43)cc2)cc1.c1ccc2c(c1)-c1ccccc1C21c2ccccc2-c2c(N(c3ccc4c(c3)oc3ccccc34)c3ccc4c(c3)oc3ccccc34)cccc21. The minimum absolute atomic E-state index is 0.416. The summed E-state index contributed by atoms with van der Waals surface area (Å²) in [5.74, 6) is 0. The van der Waals surface area contributed by atoms with Gasteiger partial charge in [0.25, 0.3) is 0 Å². The quantitative estimate of drug-likeness (QED) is 0.159. The van der Waals surface area contributed by atoms with Crippen molar-refractivity contribution in [1.82, 2.24) is 0 Å². The standard InChI is InChI=1S/C49H29NO2.C49H31NO/c1-6-17-39-32(12-1)33-13-2-7-18-40(33)49(39)41-19-8-3-16-38(41)48-42(49)20-11-21-43(48)50(30-24-26-36-34-14-4-9-22-44(34)51-46(36)28-30)31-25-27-37-35-15-5-10-23-45(35)52-47(37)29-31;1-2-13-32(14-3-1)33-25-27-34(28-26-33)50(35-29-30-39-38-17-7-11-24-46(38)51-47(39)31-35)45-23-12-22-44-48(45)40-18-6-10-21-43(40)49(44)41-19-8-4-15-36(41)37-16-5-9-20-42(37)49/h1-29H;1-31H. The summed E-state index contributed by atoms with van der Waals surface area (Å²) in [6.45, 7) is 0. The highest BCUT2D eigenvalue weighted by atomic mass is 16.3. The maximum atomic E-state index is 6.48. The molecule has 0 amide bonds. The van der Waals surface area contributed by atoms with Gasteiger partial charge in [-0.15, -0.1) is 0 Å². The van der Waals surface area contributed by atoms with E-state index in [0.717, 1.165) is 99.9 Å². The second-order valence-corrected chi connectivity index (χ2v) is 27.6. The van der Waals surface area contributed by atoms with Crippen LogP contribution in [-0.2, 0) is 10.8 Å². The van der Waals surface area contributed by atoms with Gasteiger partial charge >= 0.3 is 0 Å². The fourth-order valence-electron chi connectivity index (χ4n) is 18.5. The van der Waals surface area contributed by atoms with Crippen molar-refractivity contribution in [3.63, 3.8) is 0 Å². The Balaban J connectivity index is 0.000000130. The van der Waals surface area contributed by atoms with Crippen LogP contribution in [0.5, 0.6) is 0 Å². The third-order valence-corrected chi connectivity index (χ3v) is 22.6. The molecule has 0 radical (unpaired) electrons. The molecule has 4 aliphatic rings. The lowest BCUT2D eigenvalue weighted by atomic mass is 9.70. The monoisotopic (exact) mass is 1310 g/mol. The number of hydrogen-bond donors (Lipinski definition) is 0. The molecule has 5 nitrogen and oxygen atoms in total. The van der Waals surface area contributed by atoms with Crippen LogP contribution in [0.3, 0.4) is 0 Å². The van der Waals surface area contributed by atoms with Crippen molar-refractivity contribution >= 4 is 99.9 Å². The molecule has 0 bridgehead atoms. The summed E-state index contributed by atoms with van der Waals surface area (Å²) in [6.07, 6.45) is 0. The number of rotatable bonds is 7. The van der Waals surface area contributed by atoms with E-state index in [1.807, 2.05) is 36.4 Å². The van der Waals surface area contributed by atoms with Gasteiger partial charge in [-0.3, -0.25) is 0 Å². The van der Waals surface area contributed by atoms with Crippen LogP contribution < -0.4 is 9.80 Å². The van der Waals surface area contributed by atoms with Gasteiger partial charge in [0.15, 0.2) is 0 Å². The van der Waals surface area contributed by atoms with Gasteiger partial charge in [-0.2, -0.15) is 0 Å². The highest BCUT2D eigenvalue weighted by molar-refractivity contribution is 6.11. The fourth-order valence-corrected chi connectivity index (χ4v) is 18.5. The van der Waals surface area contributed by atoms with Crippen molar-refractivity contribution in [1.29, 1.82) is 0 Å². The summed E-state index contributed by atoms with van der Waals surface area (Å²) in [7, 11) is 0. The zero-order valence-electron chi connectivity index (χ0n) is 55.8. The van der Waals surface area contributed by atoms with Crippen molar-refractivity contribution < 1.29 is 13.3 Å². The van der Waals surface area contributed by atoms with Crippen LogP contribution in [0.25, 0.3) is 121 Å². The Bertz CT molecular complexity index is 6520. The zero-order valence-corrected chi connectivity index (χ0v) is 55.8. The highest BCUT2D eigenvalue weighted by Gasteiger charge is 2.54. The average molecular weight is 1310 g/mol. The topological polar surface area (TPSA) is 45.9 Å². The van der Waals surface area contributed by atoms with E-state index in [2.05, 4.69) is 337 Å². The maximum absolute atomic E-state index is 6.48. The second kappa shape index (κ2) is 22.0. The molecule has 480 valence electrons. The first-order valence-corrected chi connectivity index (χ1v) is 35.4. The van der Waals surface area contributed by atoms with Crippen LogP contribution in [0, 0.1) is 0 Å². The predicted molar refractivity (Wildman–Crippen MR) is 422 cm³/mol. The van der Waals surface area contributed by atoms with Gasteiger partial charge in [-0.25, -0.2) is 0 Å². The van der Waals surface area contributed by atoms with Gasteiger partial charge in [0.05, 0.1) is 22.2 Å². The first-order chi connectivity index (χ1) is 51.1. The number of hydrogen-bond acceptors (Lipinski definition) is 5. The predicted octanol–water partition coefficient (Wildman–Crippen LogP) is 26.4. The molecule has 0 fully saturated rings. The average Bonchev–Trinajstić information content (AvgIpc) is 1.51.